The van der Waals surface area contributed by atoms with Gasteiger partial charge in [-0.3, -0.25) is 4.79 Å². The van der Waals surface area contributed by atoms with Crippen LogP contribution in [-0.2, 0) is 13.0 Å². The second-order valence-electron chi connectivity index (χ2n) is 6.56. The molecule has 0 aliphatic carbocycles. The van der Waals surface area contributed by atoms with Gasteiger partial charge in [-0.15, -0.1) is 0 Å². The van der Waals surface area contributed by atoms with E-state index in [9.17, 15) is 4.79 Å². The fraction of sp³-hybridized carbons (Fsp3) is 0.450. The number of anilines is 1. The maximum absolute atomic E-state index is 12.3. The van der Waals surface area contributed by atoms with Crippen LogP contribution in [0.3, 0.4) is 0 Å². The van der Waals surface area contributed by atoms with E-state index < -0.39 is 0 Å². The highest BCUT2D eigenvalue weighted by atomic mass is 16.1. The van der Waals surface area contributed by atoms with Gasteiger partial charge in [0, 0.05) is 30.4 Å². The third-order valence-electron chi connectivity index (χ3n) is 4.60. The Balaban J connectivity index is 1.65. The van der Waals surface area contributed by atoms with Crippen molar-refractivity contribution < 1.29 is 4.79 Å². The number of carbonyl (C=O) groups is 1. The van der Waals surface area contributed by atoms with Gasteiger partial charge >= 0.3 is 0 Å². The Kier molecular flexibility index (Phi) is 5.64. The summed E-state index contributed by atoms with van der Waals surface area (Å²) in [4.78, 5) is 23.7. The van der Waals surface area contributed by atoms with E-state index in [4.69, 9.17) is 0 Å². The van der Waals surface area contributed by atoms with Crippen LogP contribution in [0.4, 0.5) is 5.82 Å². The molecule has 1 aromatic carbocycles. The summed E-state index contributed by atoms with van der Waals surface area (Å²) in [6, 6.07) is 9.74. The molecule has 1 amide bonds. The van der Waals surface area contributed by atoms with Crippen molar-refractivity contribution in [2.24, 2.45) is 0 Å². The lowest BCUT2D eigenvalue weighted by molar-refractivity contribution is 0.0950. The summed E-state index contributed by atoms with van der Waals surface area (Å²) in [6.07, 6.45) is 4.68. The Morgan fingerprint density at radius 2 is 1.84 bits per heavy atom. The monoisotopic (exact) mass is 338 g/mol. The highest BCUT2D eigenvalue weighted by molar-refractivity contribution is 5.94. The predicted molar refractivity (Wildman–Crippen MR) is 99.8 cm³/mol. The van der Waals surface area contributed by atoms with Crippen LogP contribution in [0.2, 0.25) is 0 Å². The Morgan fingerprint density at radius 1 is 1.12 bits per heavy atom. The summed E-state index contributed by atoms with van der Waals surface area (Å²) in [7, 11) is 0. The van der Waals surface area contributed by atoms with Crippen LogP contribution in [0.15, 0.2) is 30.3 Å². The zero-order valence-corrected chi connectivity index (χ0v) is 15.1. The van der Waals surface area contributed by atoms with Crippen LogP contribution in [0.25, 0.3) is 0 Å². The first kappa shape index (κ1) is 17.4. The number of nitrogens with one attached hydrogen (secondary N) is 1. The van der Waals surface area contributed by atoms with E-state index in [1.54, 1.807) is 0 Å². The van der Waals surface area contributed by atoms with Crippen LogP contribution >= 0.6 is 0 Å². The minimum Gasteiger partial charge on any atom is -0.357 e. The van der Waals surface area contributed by atoms with Gasteiger partial charge in [0.1, 0.15) is 11.6 Å². The fourth-order valence-corrected chi connectivity index (χ4v) is 3.13. The van der Waals surface area contributed by atoms with Crippen LogP contribution in [-0.4, -0.2) is 29.0 Å². The van der Waals surface area contributed by atoms with Gasteiger partial charge in [-0.2, -0.15) is 0 Å². The summed E-state index contributed by atoms with van der Waals surface area (Å²) in [5.74, 6) is 1.55. The molecule has 1 aliphatic heterocycles. The minimum absolute atomic E-state index is 0.0905. The Hall–Kier alpha value is -2.43. The number of nitrogens with zero attached hydrogens (tertiary/aromatic N) is 3. The lowest BCUT2D eigenvalue weighted by Gasteiger charge is -2.28. The summed E-state index contributed by atoms with van der Waals surface area (Å²) in [5.41, 5.74) is 2.83. The zero-order chi connectivity index (χ0) is 17.6. The molecule has 5 nitrogen and oxygen atoms in total. The molecule has 3 rings (SSSR count). The van der Waals surface area contributed by atoms with Crippen molar-refractivity contribution in [3.63, 3.8) is 0 Å². The van der Waals surface area contributed by atoms with Gasteiger partial charge in [0.25, 0.3) is 5.91 Å². The molecule has 0 saturated carbocycles. The first-order valence-corrected chi connectivity index (χ1v) is 9.12. The van der Waals surface area contributed by atoms with Crippen molar-refractivity contribution in [1.29, 1.82) is 0 Å². The maximum Gasteiger partial charge on any atom is 0.251 e. The first-order valence-electron chi connectivity index (χ1n) is 9.12. The molecule has 0 unspecified atom stereocenters. The molecule has 25 heavy (non-hydrogen) atoms. The van der Waals surface area contributed by atoms with Gasteiger partial charge in [-0.1, -0.05) is 19.1 Å². The van der Waals surface area contributed by atoms with Gasteiger partial charge in [0.2, 0.25) is 0 Å². The standard InChI is InChI=1S/C20H26N4O/c1-3-16-7-9-17(10-8-16)20(25)21-14-18-22-15(2)13-19(23-18)24-11-5-4-6-12-24/h7-10,13H,3-6,11-12,14H2,1-2H3,(H,21,25). The Bertz CT molecular complexity index is 721. The van der Waals surface area contributed by atoms with Gasteiger partial charge in [0.15, 0.2) is 0 Å². The lowest BCUT2D eigenvalue weighted by atomic mass is 10.1. The van der Waals surface area contributed by atoms with Crippen LogP contribution < -0.4 is 10.2 Å². The minimum atomic E-state index is -0.0905. The molecular weight excluding hydrogens is 312 g/mol. The molecule has 1 fully saturated rings. The molecule has 2 aromatic rings. The Morgan fingerprint density at radius 3 is 2.52 bits per heavy atom. The number of rotatable bonds is 5. The molecule has 1 aliphatic rings. The quantitative estimate of drug-likeness (QED) is 0.909. The summed E-state index contributed by atoms with van der Waals surface area (Å²) < 4.78 is 0. The average molecular weight is 338 g/mol. The van der Waals surface area contributed by atoms with Gasteiger partial charge in [-0.25, -0.2) is 9.97 Å². The molecule has 0 spiro atoms. The van der Waals surface area contributed by atoms with E-state index >= 15 is 0 Å². The van der Waals surface area contributed by atoms with Crippen molar-refractivity contribution in [3.05, 3.63) is 53.0 Å². The predicted octanol–water partition coefficient (Wildman–Crippen LogP) is 3.27. The third-order valence-corrected chi connectivity index (χ3v) is 4.60. The fourth-order valence-electron chi connectivity index (χ4n) is 3.13. The number of aryl methyl sites for hydroxylation is 2. The molecule has 1 aromatic heterocycles. The molecule has 2 heterocycles. The highest BCUT2D eigenvalue weighted by Gasteiger charge is 2.14. The molecule has 5 heteroatoms. The largest absolute Gasteiger partial charge is 0.357 e. The zero-order valence-electron chi connectivity index (χ0n) is 15.1. The van der Waals surface area contributed by atoms with Gasteiger partial charge in [-0.05, 0) is 50.3 Å². The molecule has 0 atom stereocenters. The summed E-state index contributed by atoms with van der Waals surface area (Å²) in [6.45, 7) is 6.52. The van der Waals surface area contributed by atoms with Gasteiger partial charge < -0.3 is 10.2 Å². The van der Waals surface area contributed by atoms with Crippen LogP contribution in [0.1, 0.15) is 53.6 Å². The van der Waals surface area contributed by atoms with Crippen molar-refractivity contribution >= 4 is 11.7 Å². The highest BCUT2D eigenvalue weighted by Crippen LogP contribution is 2.18. The van der Waals surface area contributed by atoms with E-state index in [-0.39, 0.29) is 5.91 Å². The lowest BCUT2D eigenvalue weighted by Crippen LogP contribution is -2.31. The number of piperidine rings is 1. The van der Waals surface area contributed by atoms with Crippen LogP contribution in [0, 0.1) is 6.92 Å². The molecule has 0 radical (unpaired) electrons. The average Bonchev–Trinajstić information content (AvgIpc) is 2.66. The first-order chi connectivity index (χ1) is 12.2. The topological polar surface area (TPSA) is 58.1 Å². The van der Waals surface area contributed by atoms with E-state index in [0.717, 1.165) is 31.0 Å². The SMILES string of the molecule is CCc1ccc(C(=O)NCc2nc(C)cc(N3CCCCC3)n2)cc1. The van der Waals surface area contributed by atoms with E-state index in [2.05, 4.69) is 27.1 Å². The van der Waals surface area contributed by atoms with Crippen molar-refractivity contribution in [2.75, 3.05) is 18.0 Å². The molecule has 1 N–H and O–H groups in total. The second-order valence-corrected chi connectivity index (χ2v) is 6.56. The molecule has 1 saturated heterocycles. The Labute approximate surface area is 149 Å². The third kappa shape index (κ3) is 4.56. The van der Waals surface area contributed by atoms with E-state index in [1.165, 1.54) is 24.8 Å². The molecule has 132 valence electrons. The number of benzene rings is 1. The van der Waals surface area contributed by atoms with Crippen molar-refractivity contribution in [3.8, 4) is 0 Å². The summed E-state index contributed by atoms with van der Waals surface area (Å²) >= 11 is 0. The van der Waals surface area contributed by atoms with E-state index in [1.807, 2.05) is 37.3 Å². The number of amides is 1. The number of aromatic nitrogens is 2. The maximum atomic E-state index is 12.3. The number of carbonyl (C=O) groups excluding carboxylic acids is 1. The second kappa shape index (κ2) is 8.10. The normalized spacial score (nSPS) is 14.4. The smallest absolute Gasteiger partial charge is 0.251 e. The van der Waals surface area contributed by atoms with Crippen molar-refractivity contribution in [1.82, 2.24) is 15.3 Å². The number of hydrogen-bond acceptors (Lipinski definition) is 4. The van der Waals surface area contributed by atoms with E-state index in [0.29, 0.717) is 17.9 Å². The van der Waals surface area contributed by atoms with Crippen LogP contribution in [0.5, 0.6) is 0 Å². The summed E-state index contributed by atoms with van der Waals surface area (Å²) in [5, 5.41) is 2.93. The molecule has 0 bridgehead atoms. The molecular formula is C20H26N4O. The van der Waals surface area contributed by atoms with Gasteiger partial charge in [0.05, 0.1) is 6.54 Å². The van der Waals surface area contributed by atoms with Crippen molar-refractivity contribution in [2.45, 2.75) is 46.1 Å². The number of hydrogen-bond donors (Lipinski definition) is 1.